The summed E-state index contributed by atoms with van der Waals surface area (Å²) >= 11 is 2.98. The number of methoxy groups -OCH3 is 1. The summed E-state index contributed by atoms with van der Waals surface area (Å²) in [7, 11) is -2.20. The highest BCUT2D eigenvalue weighted by atomic mass is 79.9. The van der Waals surface area contributed by atoms with E-state index in [0.717, 1.165) is 11.6 Å². The Morgan fingerprint density at radius 3 is 2.43 bits per heavy atom. The molecule has 112 valence electrons. The van der Waals surface area contributed by atoms with Gasteiger partial charge in [-0.05, 0) is 51.8 Å². The normalized spacial score (nSPS) is 11.4. The summed E-state index contributed by atoms with van der Waals surface area (Å²) in [5.74, 6) is 0.0684. The minimum atomic E-state index is -3.76. The first kappa shape index (κ1) is 15.9. The summed E-state index contributed by atoms with van der Waals surface area (Å²) in [4.78, 5) is -0.114. The van der Waals surface area contributed by atoms with E-state index in [-0.39, 0.29) is 15.9 Å². The van der Waals surface area contributed by atoms with Gasteiger partial charge in [0.2, 0.25) is 10.0 Å². The highest BCUT2D eigenvalue weighted by Gasteiger charge is 2.15. The third-order valence-electron chi connectivity index (χ3n) is 2.83. The first-order chi connectivity index (χ1) is 9.92. The predicted molar refractivity (Wildman–Crippen MR) is 81.1 cm³/mol. The molecular formula is C14H13BrFNO3S. The lowest BCUT2D eigenvalue weighted by molar-refractivity contribution is 0.414. The van der Waals surface area contributed by atoms with Crippen molar-refractivity contribution in [1.82, 2.24) is 4.72 Å². The lowest BCUT2D eigenvalue weighted by Gasteiger charge is -2.08. The molecule has 0 atom stereocenters. The molecule has 0 fully saturated rings. The van der Waals surface area contributed by atoms with Crippen molar-refractivity contribution in [3.05, 3.63) is 58.3 Å². The Morgan fingerprint density at radius 1 is 1.19 bits per heavy atom. The highest BCUT2D eigenvalue weighted by molar-refractivity contribution is 9.10. The van der Waals surface area contributed by atoms with Gasteiger partial charge in [-0.25, -0.2) is 17.5 Å². The summed E-state index contributed by atoms with van der Waals surface area (Å²) in [5.41, 5.74) is 0.775. The van der Waals surface area contributed by atoms with Crippen LogP contribution in [-0.2, 0) is 16.6 Å². The third-order valence-corrected chi connectivity index (χ3v) is 4.87. The molecule has 0 aliphatic rings. The number of ether oxygens (including phenoxy) is 1. The summed E-state index contributed by atoms with van der Waals surface area (Å²) in [6.45, 7) is 0.115. The molecule has 1 N–H and O–H groups in total. The smallest absolute Gasteiger partial charge is 0.240 e. The molecule has 21 heavy (non-hydrogen) atoms. The molecule has 0 unspecified atom stereocenters. The topological polar surface area (TPSA) is 55.4 Å². The average Bonchev–Trinajstić information content (AvgIpc) is 2.48. The Hall–Kier alpha value is -1.44. The van der Waals surface area contributed by atoms with Crippen LogP contribution in [0.3, 0.4) is 0 Å². The zero-order valence-electron chi connectivity index (χ0n) is 11.1. The van der Waals surface area contributed by atoms with E-state index >= 15 is 0 Å². The van der Waals surface area contributed by atoms with Gasteiger partial charge in [0.1, 0.15) is 11.6 Å². The molecule has 0 aliphatic heterocycles. The average molecular weight is 374 g/mol. The standard InChI is InChI=1S/C14H13BrFNO3S/c1-20-11-4-2-10(3-5-11)9-17-21(18,19)12-6-7-13(15)14(16)8-12/h2-8,17H,9H2,1H3. The molecule has 0 aromatic heterocycles. The van der Waals surface area contributed by atoms with Gasteiger partial charge >= 0.3 is 0 Å². The van der Waals surface area contributed by atoms with Crippen LogP contribution in [0, 0.1) is 5.82 Å². The lowest BCUT2D eigenvalue weighted by Crippen LogP contribution is -2.23. The summed E-state index contributed by atoms with van der Waals surface area (Å²) < 4.78 is 45.2. The molecule has 0 saturated heterocycles. The first-order valence-electron chi connectivity index (χ1n) is 6.00. The Balaban J connectivity index is 2.11. The highest BCUT2D eigenvalue weighted by Crippen LogP contribution is 2.19. The molecule has 2 aromatic rings. The van der Waals surface area contributed by atoms with E-state index in [0.29, 0.717) is 5.75 Å². The van der Waals surface area contributed by atoms with Crippen molar-refractivity contribution in [2.24, 2.45) is 0 Å². The maximum absolute atomic E-state index is 13.4. The second-order valence-corrected chi connectivity index (χ2v) is 6.87. The number of rotatable bonds is 5. The molecule has 0 amide bonds. The van der Waals surface area contributed by atoms with Crippen LogP contribution in [-0.4, -0.2) is 15.5 Å². The maximum Gasteiger partial charge on any atom is 0.240 e. The number of sulfonamides is 1. The molecular weight excluding hydrogens is 361 g/mol. The number of benzene rings is 2. The fourth-order valence-electron chi connectivity index (χ4n) is 1.65. The Bertz CT molecular complexity index is 732. The van der Waals surface area contributed by atoms with E-state index in [1.807, 2.05) is 0 Å². The van der Waals surface area contributed by atoms with Crippen molar-refractivity contribution in [3.63, 3.8) is 0 Å². The molecule has 4 nitrogen and oxygen atoms in total. The first-order valence-corrected chi connectivity index (χ1v) is 8.27. The largest absolute Gasteiger partial charge is 0.497 e. The van der Waals surface area contributed by atoms with Gasteiger partial charge in [0.15, 0.2) is 0 Å². The van der Waals surface area contributed by atoms with E-state index < -0.39 is 15.8 Å². The van der Waals surface area contributed by atoms with Gasteiger partial charge in [-0.1, -0.05) is 12.1 Å². The molecule has 2 rings (SSSR count). The molecule has 0 heterocycles. The molecule has 0 radical (unpaired) electrons. The van der Waals surface area contributed by atoms with Gasteiger partial charge in [0, 0.05) is 6.54 Å². The summed E-state index contributed by atoms with van der Waals surface area (Å²) in [6.07, 6.45) is 0. The van der Waals surface area contributed by atoms with E-state index in [2.05, 4.69) is 20.7 Å². The van der Waals surface area contributed by atoms with Crippen molar-refractivity contribution < 1.29 is 17.5 Å². The third kappa shape index (κ3) is 4.03. The Labute approximate surface area is 131 Å². The molecule has 0 saturated carbocycles. The molecule has 2 aromatic carbocycles. The van der Waals surface area contributed by atoms with E-state index in [1.165, 1.54) is 12.1 Å². The van der Waals surface area contributed by atoms with Crippen molar-refractivity contribution >= 4 is 26.0 Å². The monoisotopic (exact) mass is 373 g/mol. The van der Waals surface area contributed by atoms with Crippen LogP contribution in [0.5, 0.6) is 5.75 Å². The van der Waals surface area contributed by atoms with Gasteiger partial charge in [0.25, 0.3) is 0 Å². The SMILES string of the molecule is COc1ccc(CNS(=O)(=O)c2ccc(Br)c(F)c2)cc1. The number of halogens is 2. The van der Waals surface area contributed by atoms with Crippen LogP contribution in [0.1, 0.15) is 5.56 Å². The van der Waals surface area contributed by atoms with Crippen LogP contribution in [0.25, 0.3) is 0 Å². The van der Waals surface area contributed by atoms with E-state index in [9.17, 15) is 12.8 Å². The van der Waals surface area contributed by atoms with E-state index in [1.54, 1.807) is 31.4 Å². The van der Waals surface area contributed by atoms with Crippen molar-refractivity contribution in [2.45, 2.75) is 11.4 Å². The Kier molecular flexibility index (Phi) is 4.97. The quantitative estimate of drug-likeness (QED) is 0.875. The molecule has 0 aliphatic carbocycles. The van der Waals surface area contributed by atoms with Crippen LogP contribution in [0.15, 0.2) is 51.8 Å². The lowest BCUT2D eigenvalue weighted by atomic mass is 10.2. The number of hydrogen-bond acceptors (Lipinski definition) is 3. The van der Waals surface area contributed by atoms with Crippen LogP contribution >= 0.6 is 15.9 Å². The van der Waals surface area contributed by atoms with Gasteiger partial charge in [0.05, 0.1) is 16.5 Å². The number of nitrogens with one attached hydrogen (secondary N) is 1. The van der Waals surface area contributed by atoms with Crippen molar-refractivity contribution in [2.75, 3.05) is 7.11 Å². The molecule has 7 heteroatoms. The van der Waals surface area contributed by atoms with Gasteiger partial charge in [-0.15, -0.1) is 0 Å². The molecule has 0 bridgehead atoms. The zero-order valence-corrected chi connectivity index (χ0v) is 13.5. The van der Waals surface area contributed by atoms with Gasteiger partial charge in [-0.2, -0.15) is 0 Å². The molecule has 0 spiro atoms. The van der Waals surface area contributed by atoms with E-state index in [4.69, 9.17) is 4.74 Å². The van der Waals surface area contributed by atoms with Gasteiger partial charge < -0.3 is 4.74 Å². The second kappa shape index (κ2) is 6.55. The summed E-state index contributed by atoms with van der Waals surface area (Å²) in [6, 6.07) is 10.7. The number of hydrogen-bond donors (Lipinski definition) is 1. The zero-order chi connectivity index (χ0) is 15.5. The predicted octanol–water partition coefficient (Wildman–Crippen LogP) is 3.08. The fraction of sp³-hybridized carbons (Fsp3) is 0.143. The minimum absolute atomic E-state index is 0.114. The van der Waals surface area contributed by atoms with Crippen molar-refractivity contribution in [1.29, 1.82) is 0 Å². The maximum atomic E-state index is 13.4. The van der Waals surface area contributed by atoms with Crippen LogP contribution in [0.4, 0.5) is 4.39 Å². The fourth-order valence-corrected chi connectivity index (χ4v) is 2.92. The van der Waals surface area contributed by atoms with Crippen LogP contribution < -0.4 is 9.46 Å². The van der Waals surface area contributed by atoms with Crippen LogP contribution in [0.2, 0.25) is 0 Å². The minimum Gasteiger partial charge on any atom is -0.497 e. The second-order valence-electron chi connectivity index (χ2n) is 4.25. The summed E-state index contributed by atoms with van der Waals surface area (Å²) in [5, 5.41) is 0. The van der Waals surface area contributed by atoms with Crippen molar-refractivity contribution in [3.8, 4) is 5.75 Å². The Morgan fingerprint density at radius 2 is 1.86 bits per heavy atom. The van der Waals surface area contributed by atoms with Gasteiger partial charge in [-0.3, -0.25) is 0 Å².